The van der Waals surface area contributed by atoms with Gasteiger partial charge in [0.15, 0.2) is 0 Å². The second kappa shape index (κ2) is 7.43. The molecule has 17 heavy (non-hydrogen) atoms. The van der Waals surface area contributed by atoms with E-state index < -0.39 is 0 Å². The van der Waals surface area contributed by atoms with Crippen LogP contribution in [0.25, 0.3) is 0 Å². The number of hydrogen-bond donors (Lipinski definition) is 1. The van der Waals surface area contributed by atoms with Crippen LogP contribution in [-0.4, -0.2) is 23.1 Å². The van der Waals surface area contributed by atoms with E-state index in [0.717, 1.165) is 25.0 Å². The van der Waals surface area contributed by atoms with Crippen molar-refractivity contribution in [1.82, 2.24) is 0 Å². The number of thioether (sulfide) groups is 1. The Morgan fingerprint density at radius 2 is 2.41 bits per heavy atom. The molecule has 0 aromatic heterocycles. The highest BCUT2D eigenvalue weighted by molar-refractivity contribution is 8.01. The molecule has 0 saturated heterocycles. The zero-order valence-electron chi connectivity index (χ0n) is 10.5. The highest BCUT2D eigenvalue weighted by Gasteiger charge is 2.23. The second-order valence-corrected chi connectivity index (χ2v) is 5.45. The molecular weight excluding hydrogens is 234 g/mol. The number of nitrogens with two attached hydrogens (primary N) is 1. The van der Waals surface area contributed by atoms with Gasteiger partial charge >= 0.3 is 5.97 Å². The number of carbonyl (C=O) groups is 1. The molecule has 0 amide bonds. The number of hydrogen-bond acceptors (Lipinski definition) is 4. The molecule has 2 N–H and O–H groups in total. The fraction of sp³-hybridized carbons (Fsp3) is 0.615. The maximum absolute atomic E-state index is 11.8. The van der Waals surface area contributed by atoms with Gasteiger partial charge in [0, 0.05) is 10.9 Å². The summed E-state index contributed by atoms with van der Waals surface area (Å²) in [5, 5.41) is 0.283. The standard InChI is InChI=1S/C13H21NO2S/c1-3-5-12(13(15)16-4-2)17-11-8-6-10(14)7-9-11/h6-8,11-12H,3-5,9,14H2,1-2H3. The molecule has 3 nitrogen and oxygen atoms in total. The Bertz CT molecular complexity index is 313. The van der Waals surface area contributed by atoms with Crippen molar-refractivity contribution in [3.8, 4) is 0 Å². The summed E-state index contributed by atoms with van der Waals surface area (Å²) in [7, 11) is 0. The summed E-state index contributed by atoms with van der Waals surface area (Å²) in [6.45, 7) is 4.38. The number of allylic oxidation sites excluding steroid dienone is 2. The van der Waals surface area contributed by atoms with E-state index >= 15 is 0 Å². The van der Waals surface area contributed by atoms with E-state index in [4.69, 9.17) is 10.5 Å². The van der Waals surface area contributed by atoms with Crippen LogP contribution < -0.4 is 5.73 Å². The zero-order valence-corrected chi connectivity index (χ0v) is 11.3. The van der Waals surface area contributed by atoms with Crippen LogP contribution in [0.2, 0.25) is 0 Å². The van der Waals surface area contributed by atoms with Gasteiger partial charge in [-0.2, -0.15) is 0 Å². The third-order valence-corrected chi connectivity index (χ3v) is 3.98. The molecule has 0 aromatic rings. The lowest BCUT2D eigenvalue weighted by Gasteiger charge is -2.20. The molecule has 1 aliphatic rings. The number of carbonyl (C=O) groups excluding carboxylic acids is 1. The second-order valence-electron chi connectivity index (χ2n) is 4.00. The van der Waals surface area contributed by atoms with Crippen LogP contribution in [0.15, 0.2) is 23.9 Å². The quantitative estimate of drug-likeness (QED) is 0.741. The van der Waals surface area contributed by atoms with Crippen molar-refractivity contribution >= 4 is 17.7 Å². The van der Waals surface area contributed by atoms with E-state index in [1.165, 1.54) is 0 Å². The molecule has 0 fully saturated rings. The molecule has 0 saturated carbocycles. The Labute approximate surface area is 107 Å². The highest BCUT2D eigenvalue weighted by atomic mass is 32.2. The van der Waals surface area contributed by atoms with E-state index in [1.54, 1.807) is 11.8 Å². The maximum atomic E-state index is 11.8. The lowest BCUT2D eigenvalue weighted by atomic mass is 10.1. The molecule has 0 radical (unpaired) electrons. The summed E-state index contributed by atoms with van der Waals surface area (Å²) in [4.78, 5) is 11.8. The Balaban J connectivity index is 2.49. The molecule has 1 rings (SSSR count). The van der Waals surface area contributed by atoms with Crippen molar-refractivity contribution in [3.05, 3.63) is 23.9 Å². The SMILES string of the molecule is CCCC(SC1C=CC(N)=CC1)C(=O)OCC. The molecule has 0 heterocycles. The normalized spacial score (nSPS) is 20.8. The zero-order chi connectivity index (χ0) is 12.7. The smallest absolute Gasteiger partial charge is 0.319 e. The summed E-state index contributed by atoms with van der Waals surface area (Å²) in [5.41, 5.74) is 6.48. The van der Waals surface area contributed by atoms with E-state index in [1.807, 2.05) is 19.1 Å². The van der Waals surface area contributed by atoms with Gasteiger partial charge < -0.3 is 10.5 Å². The minimum absolute atomic E-state index is 0.0534. The van der Waals surface area contributed by atoms with Gasteiger partial charge in [-0.25, -0.2) is 0 Å². The summed E-state index contributed by atoms with van der Waals surface area (Å²) >= 11 is 1.68. The predicted molar refractivity (Wildman–Crippen MR) is 72.7 cm³/mol. The maximum Gasteiger partial charge on any atom is 0.319 e. The van der Waals surface area contributed by atoms with Gasteiger partial charge in [-0.05, 0) is 25.8 Å². The molecule has 0 spiro atoms. The van der Waals surface area contributed by atoms with Crippen molar-refractivity contribution in [2.45, 2.75) is 43.6 Å². The molecular formula is C13H21NO2S. The van der Waals surface area contributed by atoms with Gasteiger partial charge in [-0.15, -0.1) is 11.8 Å². The molecule has 4 heteroatoms. The van der Waals surface area contributed by atoms with E-state index in [9.17, 15) is 4.79 Å². The third-order valence-electron chi connectivity index (χ3n) is 2.53. The van der Waals surface area contributed by atoms with Gasteiger partial charge in [-0.3, -0.25) is 4.79 Å². The van der Waals surface area contributed by atoms with Gasteiger partial charge in [0.05, 0.1) is 6.61 Å². The van der Waals surface area contributed by atoms with Crippen molar-refractivity contribution in [1.29, 1.82) is 0 Å². The Morgan fingerprint density at radius 3 is 2.94 bits per heavy atom. The average Bonchev–Trinajstić information content (AvgIpc) is 2.31. The van der Waals surface area contributed by atoms with Crippen LogP contribution in [0.4, 0.5) is 0 Å². The first-order valence-electron chi connectivity index (χ1n) is 6.13. The first-order valence-corrected chi connectivity index (χ1v) is 7.07. The van der Waals surface area contributed by atoms with Crippen LogP contribution in [0.1, 0.15) is 33.1 Å². The molecule has 0 aliphatic heterocycles. The molecule has 96 valence electrons. The average molecular weight is 255 g/mol. The lowest BCUT2D eigenvalue weighted by Crippen LogP contribution is -2.23. The summed E-state index contributed by atoms with van der Waals surface area (Å²) in [6.07, 6.45) is 8.74. The van der Waals surface area contributed by atoms with Crippen LogP contribution in [0.3, 0.4) is 0 Å². The molecule has 0 aromatic carbocycles. The largest absolute Gasteiger partial charge is 0.465 e. The molecule has 1 aliphatic carbocycles. The summed E-state index contributed by atoms with van der Waals surface area (Å²) < 4.78 is 5.10. The predicted octanol–water partition coefficient (Wildman–Crippen LogP) is 2.62. The van der Waals surface area contributed by atoms with E-state index in [0.29, 0.717) is 11.9 Å². The topological polar surface area (TPSA) is 52.3 Å². The molecule has 2 unspecified atom stereocenters. The van der Waals surface area contributed by atoms with Gasteiger partial charge in [0.1, 0.15) is 5.25 Å². The van der Waals surface area contributed by atoms with Crippen molar-refractivity contribution in [2.75, 3.05) is 6.61 Å². The van der Waals surface area contributed by atoms with E-state index in [2.05, 4.69) is 13.0 Å². The van der Waals surface area contributed by atoms with Crippen molar-refractivity contribution in [2.24, 2.45) is 5.73 Å². The van der Waals surface area contributed by atoms with Gasteiger partial charge in [0.25, 0.3) is 0 Å². The number of ether oxygens (including phenoxy) is 1. The van der Waals surface area contributed by atoms with Crippen molar-refractivity contribution < 1.29 is 9.53 Å². The molecule has 2 atom stereocenters. The summed E-state index contributed by atoms with van der Waals surface area (Å²) in [6, 6.07) is 0. The van der Waals surface area contributed by atoms with Crippen LogP contribution in [0.5, 0.6) is 0 Å². The number of rotatable bonds is 6. The first kappa shape index (κ1) is 14.2. The Hall–Kier alpha value is -0.900. The van der Waals surface area contributed by atoms with Crippen LogP contribution in [0, 0.1) is 0 Å². The van der Waals surface area contributed by atoms with Gasteiger partial charge in [-0.1, -0.05) is 25.5 Å². The first-order chi connectivity index (χ1) is 8.17. The van der Waals surface area contributed by atoms with E-state index in [-0.39, 0.29) is 11.2 Å². The summed E-state index contributed by atoms with van der Waals surface area (Å²) in [5.74, 6) is -0.0877. The Kier molecular flexibility index (Phi) is 6.19. The lowest BCUT2D eigenvalue weighted by molar-refractivity contribution is -0.142. The minimum atomic E-state index is -0.0877. The van der Waals surface area contributed by atoms with Crippen LogP contribution in [-0.2, 0) is 9.53 Å². The Morgan fingerprint density at radius 1 is 1.65 bits per heavy atom. The van der Waals surface area contributed by atoms with Crippen molar-refractivity contribution in [3.63, 3.8) is 0 Å². The highest BCUT2D eigenvalue weighted by Crippen LogP contribution is 2.28. The fourth-order valence-electron chi connectivity index (χ4n) is 1.67. The minimum Gasteiger partial charge on any atom is -0.465 e. The number of esters is 1. The van der Waals surface area contributed by atoms with Crippen LogP contribution >= 0.6 is 11.8 Å². The third kappa shape index (κ3) is 4.86. The molecule has 0 bridgehead atoms. The van der Waals surface area contributed by atoms with Gasteiger partial charge in [0.2, 0.25) is 0 Å². The monoisotopic (exact) mass is 255 g/mol. The fourth-order valence-corrected chi connectivity index (χ4v) is 3.02.